The van der Waals surface area contributed by atoms with Gasteiger partial charge in [0.05, 0.1) is 0 Å². The number of aromatic nitrogens is 1. The smallest absolute Gasteiger partial charge is 0.326 e. The molecule has 2 fully saturated rings. The lowest BCUT2D eigenvalue weighted by Gasteiger charge is -2.32. The molecule has 5 nitrogen and oxygen atoms in total. The Balaban J connectivity index is 1.92. The lowest BCUT2D eigenvalue weighted by Crippen LogP contribution is -2.46. The highest BCUT2D eigenvalue weighted by Gasteiger charge is 2.47. The van der Waals surface area contributed by atoms with E-state index in [1.807, 2.05) is 13.0 Å². The number of fused-ring (bicyclic) bond motifs is 1. The summed E-state index contributed by atoms with van der Waals surface area (Å²) in [4.78, 5) is 30.2. The second-order valence-corrected chi connectivity index (χ2v) is 6.08. The fraction of sp³-hybridized carbons (Fsp3) is 0.562. The molecular weight excluding hydrogens is 268 g/mol. The predicted molar refractivity (Wildman–Crippen MR) is 76.9 cm³/mol. The van der Waals surface area contributed by atoms with Crippen molar-refractivity contribution >= 4 is 11.9 Å². The van der Waals surface area contributed by atoms with E-state index in [0.717, 1.165) is 31.4 Å². The molecular formula is C16H20N2O3. The van der Waals surface area contributed by atoms with Crippen LogP contribution in [0.15, 0.2) is 18.2 Å². The van der Waals surface area contributed by atoms with Crippen LogP contribution in [0.3, 0.4) is 0 Å². The second kappa shape index (κ2) is 5.47. The first-order valence-electron chi connectivity index (χ1n) is 7.57. The summed E-state index contributed by atoms with van der Waals surface area (Å²) in [5.74, 6) is -0.806. The first-order chi connectivity index (χ1) is 10.1. The molecule has 3 rings (SSSR count). The van der Waals surface area contributed by atoms with Crippen molar-refractivity contribution in [3.05, 3.63) is 29.6 Å². The molecule has 1 aromatic rings. The van der Waals surface area contributed by atoms with E-state index in [1.165, 1.54) is 0 Å². The number of aliphatic carboxylic acids is 1. The van der Waals surface area contributed by atoms with Gasteiger partial charge in [-0.05, 0) is 44.2 Å². The molecule has 1 aliphatic heterocycles. The fourth-order valence-corrected chi connectivity index (χ4v) is 3.77. The summed E-state index contributed by atoms with van der Waals surface area (Å²) in [5, 5.41) is 9.47. The predicted octanol–water partition coefficient (Wildman–Crippen LogP) is 2.25. The van der Waals surface area contributed by atoms with Gasteiger partial charge in [-0.25, -0.2) is 9.78 Å². The van der Waals surface area contributed by atoms with Crippen LogP contribution in [0.1, 0.15) is 48.3 Å². The van der Waals surface area contributed by atoms with Gasteiger partial charge in [-0.3, -0.25) is 4.79 Å². The summed E-state index contributed by atoms with van der Waals surface area (Å²) in [6, 6.07) is 4.66. The number of hydrogen-bond donors (Lipinski definition) is 1. The van der Waals surface area contributed by atoms with E-state index < -0.39 is 12.0 Å². The third kappa shape index (κ3) is 2.52. The molecule has 1 N–H and O–H groups in total. The van der Waals surface area contributed by atoms with Gasteiger partial charge in [-0.15, -0.1) is 0 Å². The number of hydrogen-bond acceptors (Lipinski definition) is 3. The number of amides is 1. The highest BCUT2D eigenvalue weighted by molar-refractivity contribution is 5.95. The van der Waals surface area contributed by atoms with Gasteiger partial charge in [0.15, 0.2) is 0 Å². The molecule has 2 aliphatic rings. The van der Waals surface area contributed by atoms with Gasteiger partial charge in [0, 0.05) is 11.7 Å². The zero-order chi connectivity index (χ0) is 15.0. The lowest BCUT2D eigenvalue weighted by molar-refractivity contribution is -0.141. The Hall–Kier alpha value is -1.91. The number of rotatable bonds is 2. The normalized spacial score (nSPS) is 28.2. The monoisotopic (exact) mass is 288 g/mol. The summed E-state index contributed by atoms with van der Waals surface area (Å²) in [5.41, 5.74) is 1.12. The van der Waals surface area contributed by atoms with Crippen molar-refractivity contribution in [1.29, 1.82) is 0 Å². The van der Waals surface area contributed by atoms with Gasteiger partial charge in [-0.2, -0.15) is 0 Å². The number of carboxylic acid groups (broad SMARTS) is 1. The molecule has 1 saturated carbocycles. The summed E-state index contributed by atoms with van der Waals surface area (Å²) in [6.45, 7) is 1.83. The molecule has 3 atom stereocenters. The topological polar surface area (TPSA) is 70.5 Å². The molecule has 1 amide bonds. The maximum Gasteiger partial charge on any atom is 0.326 e. The van der Waals surface area contributed by atoms with E-state index in [1.54, 1.807) is 17.0 Å². The number of carbonyl (C=O) groups excluding carboxylic acids is 1. The summed E-state index contributed by atoms with van der Waals surface area (Å²) in [7, 11) is 0. The number of likely N-dealkylation sites (tertiary alicyclic amines) is 1. The molecule has 0 radical (unpaired) electrons. The molecule has 21 heavy (non-hydrogen) atoms. The van der Waals surface area contributed by atoms with Crippen LogP contribution < -0.4 is 0 Å². The van der Waals surface area contributed by atoms with Gasteiger partial charge < -0.3 is 10.0 Å². The Morgan fingerprint density at radius 2 is 2.05 bits per heavy atom. The molecule has 0 spiro atoms. The Bertz CT molecular complexity index is 572. The number of carbonyl (C=O) groups is 2. The van der Waals surface area contributed by atoms with Crippen LogP contribution >= 0.6 is 0 Å². The van der Waals surface area contributed by atoms with Crippen LogP contribution in [0.2, 0.25) is 0 Å². The van der Waals surface area contributed by atoms with Crippen LogP contribution in [-0.2, 0) is 4.79 Å². The quantitative estimate of drug-likeness (QED) is 0.906. The maximum absolute atomic E-state index is 12.8. The minimum Gasteiger partial charge on any atom is -0.480 e. The standard InChI is InChI=1S/C16H20N2O3/c1-10-5-4-7-12(17-10)15(19)18-13-8-3-2-6-11(13)9-14(18)16(20)21/h4-5,7,11,13-14H,2-3,6,8-9H2,1H3,(H,20,21)/t11-,13-,14-/m0/s1. The average molecular weight is 288 g/mol. The van der Waals surface area contributed by atoms with Crippen LogP contribution in [-0.4, -0.2) is 39.0 Å². The van der Waals surface area contributed by atoms with Gasteiger partial charge >= 0.3 is 5.97 Å². The zero-order valence-electron chi connectivity index (χ0n) is 12.2. The lowest BCUT2D eigenvalue weighted by atomic mass is 9.84. The van der Waals surface area contributed by atoms with Crippen LogP contribution in [0.25, 0.3) is 0 Å². The molecule has 0 aromatic carbocycles. The molecule has 1 aromatic heterocycles. The first-order valence-corrected chi connectivity index (χ1v) is 7.57. The molecule has 2 heterocycles. The Kier molecular flexibility index (Phi) is 3.66. The van der Waals surface area contributed by atoms with E-state index in [4.69, 9.17) is 0 Å². The summed E-state index contributed by atoms with van der Waals surface area (Å²) >= 11 is 0. The molecule has 1 saturated heterocycles. The zero-order valence-corrected chi connectivity index (χ0v) is 12.2. The number of carboxylic acids is 1. The van der Waals surface area contributed by atoms with Crippen molar-refractivity contribution in [2.24, 2.45) is 5.92 Å². The van der Waals surface area contributed by atoms with E-state index in [2.05, 4.69) is 4.98 Å². The van der Waals surface area contributed by atoms with E-state index in [0.29, 0.717) is 18.0 Å². The van der Waals surface area contributed by atoms with Gasteiger partial charge in [0.25, 0.3) is 5.91 Å². The van der Waals surface area contributed by atoms with E-state index in [9.17, 15) is 14.7 Å². The van der Waals surface area contributed by atoms with Crippen LogP contribution in [0.4, 0.5) is 0 Å². The first kappa shape index (κ1) is 14.0. The van der Waals surface area contributed by atoms with Crippen molar-refractivity contribution in [2.75, 3.05) is 0 Å². The highest BCUT2D eigenvalue weighted by Crippen LogP contribution is 2.40. The van der Waals surface area contributed by atoms with Crippen LogP contribution in [0.5, 0.6) is 0 Å². The van der Waals surface area contributed by atoms with Crippen molar-refractivity contribution in [2.45, 2.75) is 51.1 Å². The number of nitrogens with zero attached hydrogens (tertiary/aromatic N) is 2. The third-order valence-corrected chi connectivity index (χ3v) is 4.72. The number of pyridine rings is 1. The van der Waals surface area contributed by atoms with Crippen molar-refractivity contribution in [3.8, 4) is 0 Å². The van der Waals surface area contributed by atoms with E-state index in [-0.39, 0.29) is 11.9 Å². The van der Waals surface area contributed by atoms with Gasteiger partial charge in [0.1, 0.15) is 11.7 Å². The molecule has 1 aliphatic carbocycles. The SMILES string of the molecule is Cc1cccc(C(=O)N2[C@H](C(=O)O)C[C@@H]3CCCC[C@@H]32)n1. The Labute approximate surface area is 124 Å². The minimum atomic E-state index is -0.898. The molecule has 112 valence electrons. The third-order valence-electron chi connectivity index (χ3n) is 4.72. The summed E-state index contributed by atoms with van der Waals surface area (Å²) < 4.78 is 0. The van der Waals surface area contributed by atoms with Gasteiger partial charge in [-0.1, -0.05) is 18.9 Å². The number of aryl methyl sites for hydroxylation is 1. The fourth-order valence-electron chi connectivity index (χ4n) is 3.77. The molecule has 5 heteroatoms. The Morgan fingerprint density at radius 3 is 2.76 bits per heavy atom. The van der Waals surface area contributed by atoms with Crippen molar-refractivity contribution in [3.63, 3.8) is 0 Å². The van der Waals surface area contributed by atoms with Crippen molar-refractivity contribution < 1.29 is 14.7 Å². The largest absolute Gasteiger partial charge is 0.480 e. The second-order valence-electron chi connectivity index (χ2n) is 6.08. The maximum atomic E-state index is 12.8. The Morgan fingerprint density at radius 1 is 1.29 bits per heavy atom. The van der Waals surface area contributed by atoms with Crippen molar-refractivity contribution in [1.82, 2.24) is 9.88 Å². The minimum absolute atomic E-state index is 0.0645. The average Bonchev–Trinajstić information content (AvgIpc) is 2.86. The molecule has 0 bridgehead atoms. The summed E-state index contributed by atoms with van der Waals surface area (Å²) in [6.07, 6.45) is 4.72. The van der Waals surface area contributed by atoms with E-state index >= 15 is 0 Å². The van der Waals surface area contributed by atoms with Gasteiger partial charge in [0.2, 0.25) is 0 Å². The molecule has 0 unspecified atom stereocenters. The van der Waals surface area contributed by atoms with Crippen LogP contribution in [0, 0.1) is 12.8 Å². The highest BCUT2D eigenvalue weighted by atomic mass is 16.4.